The lowest BCUT2D eigenvalue weighted by Crippen LogP contribution is -2.54. The van der Waals surface area contributed by atoms with Gasteiger partial charge in [0.2, 0.25) is 11.8 Å². The van der Waals surface area contributed by atoms with Gasteiger partial charge in [-0.3, -0.25) is 34.4 Å². The van der Waals surface area contributed by atoms with Crippen molar-refractivity contribution in [2.45, 2.75) is 70.5 Å². The molecule has 5 aromatic rings. The minimum Gasteiger partial charge on any atom is -0.382 e. The van der Waals surface area contributed by atoms with Crippen molar-refractivity contribution in [3.63, 3.8) is 0 Å². The van der Waals surface area contributed by atoms with Crippen molar-refractivity contribution in [2.75, 3.05) is 42.9 Å². The van der Waals surface area contributed by atoms with Crippen molar-refractivity contribution in [3.8, 4) is 28.7 Å². The molecule has 4 aromatic heterocycles. The Morgan fingerprint density at radius 1 is 0.879 bits per heavy atom. The molecule has 4 amide bonds. The fourth-order valence-corrected chi connectivity index (χ4v) is 8.82. The molecule has 4 aliphatic heterocycles. The average Bonchev–Trinajstić information content (AvgIpc) is 3.95. The molecule has 58 heavy (non-hydrogen) atoms. The maximum Gasteiger partial charge on any atom is 0.262 e. The number of nitrogens with one attached hydrogen (secondary N) is 2. The third kappa shape index (κ3) is 6.95. The van der Waals surface area contributed by atoms with Crippen LogP contribution in [0.4, 0.5) is 11.4 Å². The summed E-state index contributed by atoms with van der Waals surface area (Å²) in [5, 5.41) is 28.7. The predicted molar refractivity (Wildman–Crippen MR) is 214 cm³/mol. The summed E-state index contributed by atoms with van der Waals surface area (Å²) in [7, 11) is 0. The van der Waals surface area contributed by atoms with Gasteiger partial charge >= 0.3 is 0 Å². The number of rotatable bonds is 9. The molecule has 1 atom stereocenters. The molecule has 1 aromatic carbocycles. The first kappa shape index (κ1) is 37.1. The molecule has 8 heterocycles. The van der Waals surface area contributed by atoms with Crippen molar-refractivity contribution < 1.29 is 19.2 Å². The molecular weight excluding hydrogens is 737 g/mol. The topological polar surface area (TPSA) is 187 Å². The summed E-state index contributed by atoms with van der Waals surface area (Å²) in [5.41, 5.74) is 6.99. The van der Waals surface area contributed by atoms with Crippen molar-refractivity contribution in [1.29, 1.82) is 5.26 Å². The minimum atomic E-state index is -0.970. The van der Waals surface area contributed by atoms with Crippen LogP contribution < -0.4 is 15.5 Å². The maximum atomic E-state index is 13.4. The zero-order valence-electron chi connectivity index (χ0n) is 32.5. The molecule has 9 rings (SSSR count). The third-order valence-corrected chi connectivity index (χ3v) is 11.9. The monoisotopic (exact) mass is 780 g/mol. The van der Waals surface area contributed by atoms with Crippen molar-refractivity contribution >= 4 is 40.5 Å². The normalized spacial score (nSPS) is 19.6. The van der Waals surface area contributed by atoms with Crippen LogP contribution >= 0.6 is 0 Å². The summed E-state index contributed by atoms with van der Waals surface area (Å²) in [4.78, 5) is 61.3. The van der Waals surface area contributed by atoms with Gasteiger partial charge in [-0.15, -0.1) is 5.10 Å². The van der Waals surface area contributed by atoms with Crippen LogP contribution in [0.5, 0.6) is 0 Å². The number of nitriles is 1. The van der Waals surface area contributed by atoms with Gasteiger partial charge in [0.25, 0.3) is 11.8 Å². The van der Waals surface area contributed by atoms with Crippen LogP contribution in [0.25, 0.3) is 28.2 Å². The number of piperidine rings is 3. The number of aromatic nitrogens is 6. The fraction of sp³-hybridized carbons (Fsp3) is 0.405. The van der Waals surface area contributed by atoms with E-state index in [0.717, 1.165) is 103 Å². The van der Waals surface area contributed by atoms with E-state index in [9.17, 15) is 24.4 Å². The highest BCUT2D eigenvalue weighted by atomic mass is 16.2. The lowest BCUT2D eigenvalue weighted by atomic mass is 9.94. The highest BCUT2D eigenvalue weighted by Gasteiger charge is 2.45. The molecule has 2 N–H and O–H groups in total. The number of imide groups is 2. The quantitative estimate of drug-likeness (QED) is 0.202. The first-order valence-corrected chi connectivity index (χ1v) is 20.0. The van der Waals surface area contributed by atoms with E-state index in [1.807, 2.05) is 47.4 Å². The van der Waals surface area contributed by atoms with Crippen LogP contribution in [0.15, 0.2) is 61.1 Å². The lowest BCUT2D eigenvalue weighted by molar-refractivity contribution is -0.136. The zero-order chi connectivity index (χ0) is 40.1. The van der Waals surface area contributed by atoms with Crippen LogP contribution in [0.3, 0.4) is 0 Å². The Bertz CT molecular complexity index is 2480. The number of nitrogens with zero attached hydrogens (tertiary/aromatic N) is 10. The standard InChI is InChI=1S/C42H44N12O4/c1-25(2)46-34-19-35(37-6-4-30-17-27(20-43)21-45-54(30)37)44-22-33(34)36-24-52(49-48-36)28-11-13-50(14-12-28)23-26-9-15-51(16-10-26)29-3-5-31-32(18-29)42(58)53(41(31)57)38-7-8-39(55)47-40(38)56/h3-6,17-19,21-22,24-26,28,38H,7-16,23H2,1-2H3,(H,44,46)(H,47,55,56). The lowest BCUT2D eigenvalue weighted by Gasteiger charge is -2.38. The molecule has 296 valence electrons. The smallest absolute Gasteiger partial charge is 0.262 e. The molecule has 3 fully saturated rings. The number of hydrogen-bond donors (Lipinski definition) is 2. The highest BCUT2D eigenvalue weighted by Crippen LogP contribution is 2.35. The number of benzene rings is 1. The van der Waals surface area contributed by atoms with Crippen LogP contribution in [-0.2, 0) is 9.59 Å². The Hall–Kier alpha value is -6.47. The Balaban J connectivity index is 0.794. The maximum absolute atomic E-state index is 13.4. The minimum absolute atomic E-state index is 0.0947. The second-order valence-electron chi connectivity index (χ2n) is 16.0. The summed E-state index contributed by atoms with van der Waals surface area (Å²) in [6.07, 6.45) is 9.68. The van der Waals surface area contributed by atoms with Crippen LogP contribution in [0, 0.1) is 17.2 Å². The Labute approximate surface area is 334 Å². The van der Waals surface area contributed by atoms with Crippen molar-refractivity contribution in [3.05, 3.63) is 77.7 Å². The van der Waals surface area contributed by atoms with Gasteiger partial charge in [0, 0.05) is 68.3 Å². The second-order valence-corrected chi connectivity index (χ2v) is 16.0. The van der Waals surface area contributed by atoms with Crippen LogP contribution in [0.1, 0.15) is 84.7 Å². The van der Waals surface area contributed by atoms with Crippen molar-refractivity contribution in [1.82, 2.24) is 44.7 Å². The number of pyridine rings is 1. The molecule has 16 heteroatoms. The summed E-state index contributed by atoms with van der Waals surface area (Å²) >= 11 is 0. The highest BCUT2D eigenvalue weighted by molar-refractivity contribution is 6.23. The fourth-order valence-electron chi connectivity index (χ4n) is 8.82. The largest absolute Gasteiger partial charge is 0.382 e. The van der Waals surface area contributed by atoms with E-state index in [1.165, 1.54) is 0 Å². The third-order valence-electron chi connectivity index (χ3n) is 11.9. The van der Waals surface area contributed by atoms with E-state index in [4.69, 9.17) is 4.98 Å². The summed E-state index contributed by atoms with van der Waals surface area (Å²) in [5.74, 6) is -1.39. The zero-order valence-corrected chi connectivity index (χ0v) is 32.5. The van der Waals surface area contributed by atoms with Gasteiger partial charge in [0.1, 0.15) is 17.8 Å². The number of amides is 4. The molecule has 3 saturated heterocycles. The second kappa shape index (κ2) is 15.1. The molecule has 0 radical (unpaired) electrons. The first-order valence-electron chi connectivity index (χ1n) is 20.0. The molecule has 4 aliphatic rings. The number of carbonyl (C=O) groups is 4. The molecule has 0 saturated carbocycles. The van der Waals surface area contributed by atoms with Gasteiger partial charge in [-0.2, -0.15) is 10.4 Å². The molecule has 16 nitrogen and oxygen atoms in total. The van der Waals surface area contributed by atoms with Gasteiger partial charge < -0.3 is 15.1 Å². The molecule has 1 unspecified atom stereocenters. The SMILES string of the molecule is CC(C)Nc1cc(-c2ccc3cc(C#N)cnn23)ncc1-c1cn(C2CCN(CC3CCN(c4ccc5c(c4)C(=O)N(C4CCC(=O)NC4=O)C5=O)CC3)CC2)nn1. The number of fused-ring (bicyclic) bond motifs is 2. The predicted octanol–water partition coefficient (Wildman–Crippen LogP) is 4.30. The summed E-state index contributed by atoms with van der Waals surface area (Å²) < 4.78 is 3.80. The Kier molecular flexibility index (Phi) is 9.68. The number of likely N-dealkylation sites (tertiary alicyclic amines) is 1. The van der Waals surface area contributed by atoms with Crippen molar-refractivity contribution in [2.24, 2.45) is 5.92 Å². The molecular formula is C42H44N12O4. The van der Waals surface area contributed by atoms with Gasteiger partial charge in [-0.05, 0) is 94.3 Å². The summed E-state index contributed by atoms with van der Waals surface area (Å²) in [6, 6.07) is 14.7. The van der Waals surface area contributed by atoms with Crippen LogP contribution in [-0.4, -0.2) is 108 Å². The van der Waals surface area contributed by atoms with E-state index >= 15 is 0 Å². The molecule has 0 aliphatic carbocycles. The number of hydrogen-bond acceptors (Lipinski definition) is 12. The van der Waals surface area contributed by atoms with Gasteiger partial charge in [-0.1, -0.05) is 5.21 Å². The van der Waals surface area contributed by atoms with Gasteiger partial charge in [-0.25, -0.2) is 9.20 Å². The first-order chi connectivity index (χ1) is 28.1. The van der Waals surface area contributed by atoms with Crippen LogP contribution in [0.2, 0.25) is 0 Å². The Morgan fingerprint density at radius 2 is 1.67 bits per heavy atom. The van der Waals surface area contributed by atoms with E-state index in [-0.39, 0.29) is 30.8 Å². The summed E-state index contributed by atoms with van der Waals surface area (Å²) in [6.45, 7) is 8.90. The number of anilines is 2. The van der Waals surface area contributed by atoms with E-state index < -0.39 is 23.8 Å². The molecule has 0 spiro atoms. The van der Waals surface area contributed by atoms with Gasteiger partial charge in [0.15, 0.2) is 0 Å². The molecule has 0 bridgehead atoms. The van der Waals surface area contributed by atoms with E-state index in [0.29, 0.717) is 22.6 Å². The van der Waals surface area contributed by atoms with E-state index in [2.05, 4.69) is 55.8 Å². The average molecular weight is 781 g/mol. The number of carbonyl (C=O) groups excluding carboxylic acids is 4. The van der Waals surface area contributed by atoms with Gasteiger partial charge in [0.05, 0.1) is 52.0 Å². The van der Waals surface area contributed by atoms with E-state index in [1.54, 1.807) is 22.8 Å². The Morgan fingerprint density at radius 3 is 2.43 bits per heavy atom.